The van der Waals surface area contributed by atoms with E-state index in [1.165, 1.54) is 30.5 Å². The van der Waals surface area contributed by atoms with Crippen molar-refractivity contribution in [2.24, 2.45) is 16.7 Å². The Hall–Kier alpha value is -0.890. The molecule has 2 nitrogen and oxygen atoms in total. The molecular formula is C17H26N2. The lowest BCUT2D eigenvalue weighted by molar-refractivity contribution is 0.107. The van der Waals surface area contributed by atoms with E-state index in [0.717, 1.165) is 12.5 Å². The number of nitrogens with zero attached hydrogens (tertiary/aromatic N) is 1. The third kappa shape index (κ3) is 2.01. The molecule has 0 spiro atoms. The van der Waals surface area contributed by atoms with Crippen molar-refractivity contribution in [1.29, 1.82) is 0 Å². The second kappa shape index (κ2) is 4.31. The molecule has 2 aliphatic rings. The summed E-state index contributed by atoms with van der Waals surface area (Å²) in [5.41, 5.74) is 3.41. The van der Waals surface area contributed by atoms with Crippen LogP contribution in [0, 0.1) is 23.7 Å². The van der Waals surface area contributed by atoms with E-state index in [1.807, 2.05) is 12.3 Å². The van der Waals surface area contributed by atoms with Crippen LogP contribution in [-0.2, 0) is 6.54 Å². The molecule has 0 aromatic carbocycles. The minimum Gasteiger partial charge on any atom is -0.307 e. The Morgan fingerprint density at radius 3 is 2.79 bits per heavy atom. The maximum Gasteiger partial charge on any atom is 0.0570 e. The quantitative estimate of drug-likeness (QED) is 0.894. The maximum absolute atomic E-state index is 4.51. The highest BCUT2D eigenvalue weighted by molar-refractivity contribution is 5.19. The molecule has 2 aliphatic carbocycles. The zero-order valence-corrected chi connectivity index (χ0v) is 12.7. The SMILES string of the molecule is Cc1cccnc1CNC1C(C)(C)[C@H]2CC[C@]1(C)C2. The van der Waals surface area contributed by atoms with Crippen molar-refractivity contribution >= 4 is 0 Å². The summed E-state index contributed by atoms with van der Waals surface area (Å²) in [6.07, 6.45) is 6.11. The normalized spacial score (nSPS) is 35.8. The van der Waals surface area contributed by atoms with Crippen molar-refractivity contribution in [2.75, 3.05) is 0 Å². The Morgan fingerprint density at radius 2 is 2.16 bits per heavy atom. The molecule has 104 valence electrons. The molecule has 3 atom stereocenters. The van der Waals surface area contributed by atoms with Crippen molar-refractivity contribution in [3.63, 3.8) is 0 Å². The first-order chi connectivity index (χ1) is 8.93. The summed E-state index contributed by atoms with van der Waals surface area (Å²) in [5.74, 6) is 0.903. The van der Waals surface area contributed by atoms with Crippen LogP contribution in [0.15, 0.2) is 18.3 Å². The minimum atomic E-state index is 0.426. The third-order valence-corrected chi connectivity index (χ3v) is 5.86. The fourth-order valence-corrected chi connectivity index (χ4v) is 4.71. The van der Waals surface area contributed by atoms with Crippen LogP contribution in [0.4, 0.5) is 0 Å². The molecule has 0 radical (unpaired) electrons. The van der Waals surface area contributed by atoms with Gasteiger partial charge >= 0.3 is 0 Å². The average molecular weight is 258 g/mol. The van der Waals surface area contributed by atoms with Gasteiger partial charge in [0.1, 0.15) is 0 Å². The van der Waals surface area contributed by atoms with Crippen molar-refractivity contribution < 1.29 is 0 Å². The van der Waals surface area contributed by atoms with Gasteiger partial charge < -0.3 is 5.32 Å². The topological polar surface area (TPSA) is 24.9 Å². The van der Waals surface area contributed by atoms with E-state index in [2.05, 4.69) is 44.1 Å². The molecule has 1 heterocycles. The van der Waals surface area contributed by atoms with Gasteiger partial charge in [0.05, 0.1) is 5.69 Å². The molecule has 3 rings (SSSR count). The van der Waals surface area contributed by atoms with Crippen LogP contribution in [0.2, 0.25) is 0 Å². The Morgan fingerprint density at radius 1 is 1.37 bits per heavy atom. The van der Waals surface area contributed by atoms with Gasteiger partial charge in [-0.3, -0.25) is 4.98 Å². The highest BCUT2D eigenvalue weighted by Crippen LogP contribution is 2.62. The van der Waals surface area contributed by atoms with Crippen LogP contribution in [0.3, 0.4) is 0 Å². The molecular weight excluding hydrogens is 232 g/mol. The molecule has 0 saturated heterocycles. The second-order valence-electron chi connectivity index (χ2n) is 7.50. The molecule has 0 aliphatic heterocycles. The highest BCUT2D eigenvalue weighted by atomic mass is 15.0. The van der Waals surface area contributed by atoms with Crippen LogP contribution in [0.5, 0.6) is 0 Å². The lowest BCUT2D eigenvalue weighted by Gasteiger charge is -2.43. The first-order valence-electron chi connectivity index (χ1n) is 7.57. The first-order valence-corrected chi connectivity index (χ1v) is 7.57. The first kappa shape index (κ1) is 13.1. The Kier molecular flexibility index (Phi) is 2.97. The van der Waals surface area contributed by atoms with Crippen molar-refractivity contribution in [1.82, 2.24) is 10.3 Å². The van der Waals surface area contributed by atoms with Crippen molar-refractivity contribution in [3.8, 4) is 0 Å². The molecule has 1 aromatic heterocycles. The molecule has 2 fully saturated rings. The van der Waals surface area contributed by atoms with Gasteiger partial charge in [-0.05, 0) is 54.6 Å². The maximum atomic E-state index is 4.51. The second-order valence-corrected chi connectivity index (χ2v) is 7.50. The minimum absolute atomic E-state index is 0.426. The number of fused-ring (bicyclic) bond motifs is 2. The lowest BCUT2D eigenvalue weighted by Crippen LogP contribution is -2.50. The molecule has 1 unspecified atom stereocenters. The van der Waals surface area contributed by atoms with E-state index in [-0.39, 0.29) is 0 Å². The number of aryl methyl sites for hydroxylation is 1. The van der Waals surface area contributed by atoms with Gasteiger partial charge in [0.2, 0.25) is 0 Å². The third-order valence-electron chi connectivity index (χ3n) is 5.86. The van der Waals surface area contributed by atoms with Gasteiger partial charge in [-0.25, -0.2) is 0 Å². The van der Waals surface area contributed by atoms with Gasteiger partial charge in [-0.1, -0.05) is 26.8 Å². The summed E-state index contributed by atoms with van der Waals surface area (Å²) in [6, 6.07) is 4.79. The number of hydrogen-bond donors (Lipinski definition) is 1. The Balaban J connectivity index is 1.75. The average Bonchev–Trinajstić information content (AvgIpc) is 2.82. The van der Waals surface area contributed by atoms with Gasteiger partial charge in [0.15, 0.2) is 0 Å². The lowest BCUT2D eigenvalue weighted by atomic mass is 9.68. The monoisotopic (exact) mass is 258 g/mol. The van der Waals surface area contributed by atoms with E-state index in [9.17, 15) is 0 Å². The van der Waals surface area contributed by atoms with E-state index in [4.69, 9.17) is 0 Å². The predicted molar refractivity (Wildman–Crippen MR) is 78.8 cm³/mol. The van der Waals surface area contributed by atoms with E-state index in [1.54, 1.807) is 0 Å². The number of rotatable bonds is 3. The van der Waals surface area contributed by atoms with E-state index < -0.39 is 0 Å². The summed E-state index contributed by atoms with van der Waals surface area (Å²) in [6.45, 7) is 10.4. The number of aromatic nitrogens is 1. The fourth-order valence-electron chi connectivity index (χ4n) is 4.71. The number of pyridine rings is 1. The van der Waals surface area contributed by atoms with E-state index in [0.29, 0.717) is 16.9 Å². The number of nitrogens with one attached hydrogen (secondary N) is 1. The smallest absolute Gasteiger partial charge is 0.0570 e. The summed E-state index contributed by atoms with van der Waals surface area (Å²) in [4.78, 5) is 4.51. The molecule has 0 amide bonds. The van der Waals surface area contributed by atoms with Gasteiger partial charge in [0.25, 0.3) is 0 Å². The van der Waals surface area contributed by atoms with Crippen LogP contribution in [0.25, 0.3) is 0 Å². The number of hydrogen-bond acceptors (Lipinski definition) is 2. The Bertz CT molecular complexity index is 475. The summed E-state index contributed by atoms with van der Waals surface area (Å²) < 4.78 is 0. The van der Waals surface area contributed by atoms with Crippen molar-refractivity contribution in [3.05, 3.63) is 29.6 Å². The molecule has 2 bridgehead atoms. The van der Waals surface area contributed by atoms with Gasteiger partial charge in [-0.2, -0.15) is 0 Å². The predicted octanol–water partition coefficient (Wildman–Crippen LogP) is 3.69. The molecule has 19 heavy (non-hydrogen) atoms. The van der Waals surface area contributed by atoms with Crippen LogP contribution >= 0.6 is 0 Å². The largest absolute Gasteiger partial charge is 0.307 e. The molecule has 2 saturated carbocycles. The standard InChI is InChI=1S/C17H26N2/c1-12-6-5-9-18-14(12)11-19-15-16(2,3)13-7-8-17(15,4)10-13/h5-6,9,13,15,19H,7-8,10-11H2,1-4H3/t13-,15?,17+/m0/s1. The zero-order chi connectivity index (χ0) is 13.7. The highest BCUT2D eigenvalue weighted by Gasteiger charge is 2.58. The molecule has 1 N–H and O–H groups in total. The van der Waals surface area contributed by atoms with Crippen molar-refractivity contribution in [2.45, 2.75) is 59.5 Å². The fraction of sp³-hybridized carbons (Fsp3) is 0.706. The molecule has 2 heteroatoms. The van der Waals surface area contributed by atoms with Crippen LogP contribution in [-0.4, -0.2) is 11.0 Å². The molecule has 1 aromatic rings. The van der Waals surface area contributed by atoms with Gasteiger partial charge in [0, 0.05) is 18.8 Å². The van der Waals surface area contributed by atoms with E-state index >= 15 is 0 Å². The van der Waals surface area contributed by atoms with Gasteiger partial charge in [-0.15, -0.1) is 0 Å². The summed E-state index contributed by atoms with van der Waals surface area (Å²) in [7, 11) is 0. The van der Waals surface area contributed by atoms with Crippen LogP contribution in [0.1, 0.15) is 51.3 Å². The Labute approximate surface area is 117 Å². The summed E-state index contributed by atoms with van der Waals surface area (Å²) in [5, 5.41) is 3.84. The van der Waals surface area contributed by atoms with Crippen LogP contribution < -0.4 is 5.32 Å². The zero-order valence-electron chi connectivity index (χ0n) is 12.7. The summed E-state index contributed by atoms with van der Waals surface area (Å²) >= 11 is 0.